The molecule has 1 N–H and O–H groups in total. The Labute approximate surface area is 144 Å². The van der Waals surface area contributed by atoms with Gasteiger partial charge in [-0.2, -0.15) is 0 Å². The van der Waals surface area contributed by atoms with Gasteiger partial charge in [-0.05, 0) is 30.2 Å². The number of benzene rings is 2. The molecule has 3 rings (SSSR count). The first-order valence-electron chi connectivity index (χ1n) is 8.55. The number of rotatable bonds is 6. The largest absolute Gasteiger partial charge is 0.496 e. The van der Waals surface area contributed by atoms with Crippen LogP contribution in [0.1, 0.15) is 36.1 Å². The quantitative estimate of drug-likeness (QED) is 0.871. The Hall–Kier alpha value is -2.10. The molecule has 2 aromatic rings. The zero-order chi connectivity index (χ0) is 16.9. The lowest BCUT2D eigenvalue weighted by Crippen LogP contribution is -2.39. The van der Waals surface area contributed by atoms with Crippen molar-refractivity contribution in [2.45, 2.75) is 32.0 Å². The fourth-order valence-corrected chi connectivity index (χ4v) is 3.44. The molecule has 2 aromatic carbocycles. The van der Waals surface area contributed by atoms with E-state index in [9.17, 15) is 5.11 Å². The van der Waals surface area contributed by atoms with E-state index >= 15 is 0 Å². The summed E-state index contributed by atoms with van der Waals surface area (Å²) >= 11 is 0. The molecule has 0 aliphatic heterocycles. The molecular formula is C21H25NO2. The van der Waals surface area contributed by atoms with Crippen LogP contribution in [-0.2, 0) is 6.54 Å². The van der Waals surface area contributed by atoms with Crippen molar-refractivity contribution < 1.29 is 9.84 Å². The Kier molecular flexibility index (Phi) is 5.34. The van der Waals surface area contributed by atoms with Crippen LogP contribution in [0.2, 0.25) is 0 Å². The first-order chi connectivity index (χ1) is 11.7. The third-order valence-electron chi connectivity index (χ3n) is 4.57. The Balaban J connectivity index is 1.89. The molecule has 3 nitrogen and oxygen atoms in total. The molecule has 0 heterocycles. The second-order valence-electron chi connectivity index (χ2n) is 6.21. The van der Waals surface area contributed by atoms with Crippen LogP contribution >= 0.6 is 0 Å². The van der Waals surface area contributed by atoms with Crippen molar-refractivity contribution in [2.24, 2.45) is 0 Å². The Morgan fingerprint density at radius 2 is 1.88 bits per heavy atom. The number of ether oxygens (including phenoxy) is 1. The SMILES string of the molecule is CCCN(Cc1ccccc1)[C@H]1C=Cc2cccc(OC)c2[C@@H]1O. The summed E-state index contributed by atoms with van der Waals surface area (Å²) < 4.78 is 5.48. The fraction of sp³-hybridized carbons (Fsp3) is 0.333. The maximum atomic E-state index is 11.0. The Morgan fingerprint density at radius 3 is 2.58 bits per heavy atom. The van der Waals surface area contributed by atoms with E-state index in [1.807, 2.05) is 24.3 Å². The third kappa shape index (κ3) is 3.37. The summed E-state index contributed by atoms with van der Waals surface area (Å²) in [5.74, 6) is 0.755. The highest BCUT2D eigenvalue weighted by Crippen LogP contribution is 2.37. The summed E-state index contributed by atoms with van der Waals surface area (Å²) in [5.41, 5.74) is 3.19. The van der Waals surface area contributed by atoms with Gasteiger partial charge in [-0.25, -0.2) is 0 Å². The number of aliphatic hydroxyl groups is 1. The van der Waals surface area contributed by atoms with E-state index in [1.165, 1.54) is 5.56 Å². The highest BCUT2D eigenvalue weighted by molar-refractivity contribution is 5.62. The topological polar surface area (TPSA) is 32.7 Å². The summed E-state index contributed by atoms with van der Waals surface area (Å²) in [4.78, 5) is 2.34. The maximum Gasteiger partial charge on any atom is 0.125 e. The molecule has 0 radical (unpaired) electrons. The van der Waals surface area contributed by atoms with Crippen LogP contribution < -0.4 is 4.74 Å². The molecule has 0 unspecified atom stereocenters. The second-order valence-corrected chi connectivity index (χ2v) is 6.21. The third-order valence-corrected chi connectivity index (χ3v) is 4.57. The molecule has 0 saturated heterocycles. The minimum Gasteiger partial charge on any atom is -0.496 e. The predicted octanol–water partition coefficient (Wildman–Crippen LogP) is 4.04. The van der Waals surface area contributed by atoms with Gasteiger partial charge in [0, 0.05) is 12.1 Å². The monoisotopic (exact) mass is 323 g/mol. The molecule has 0 saturated carbocycles. The number of nitrogens with zero attached hydrogens (tertiary/aromatic N) is 1. The van der Waals surface area contributed by atoms with E-state index in [0.717, 1.165) is 36.4 Å². The van der Waals surface area contributed by atoms with Crippen LogP contribution in [0.5, 0.6) is 5.75 Å². The predicted molar refractivity (Wildman–Crippen MR) is 97.9 cm³/mol. The summed E-state index contributed by atoms with van der Waals surface area (Å²) in [6.45, 7) is 3.93. The number of fused-ring (bicyclic) bond motifs is 1. The standard InChI is InChI=1S/C21H25NO2/c1-3-14-22(15-16-8-5-4-6-9-16)18-13-12-17-10-7-11-19(24-2)20(17)21(18)23/h4-13,18,21,23H,3,14-15H2,1-2H3/t18-,21+/m0/s1. The first-order valence-corrected chi connectivity index (χ1v) is 8.55. The van der Waals surface area contributed by atoms with E-state index in [4.69, 9.17) is 4.74 Å². The zero-order valence-corrected chi connectivity index (χ0v) is 14.4. The van der Waals surface area contributed by atoms with Gasteiger partial charge in [-0.3, -0.25) is 4.90 Å². The normalized spacial score (nSPS) is 19.3. The van der Waals surface area contributed by atoms with Crippen molar-refractivity contribution in [3.63, 3.8) is 0 Å². The van der Waals surface area contributed by atoms with Crippen LogP contribution in [0.15, 0.2) is 54.6 Å². The van der Waals surface area contributed by atoms with Crippen molar-refractivity contribution in [2.75, 3.05) is 13.7 Å². The molecule has 24 heavy (non-hydrogen) atoms. The molecule has 1 aliphatic carbocycles. The van der Waals surface area contributed by atoms with E-state index in [2.05, 4.69) is 48.2 Å². The molecule has 0 spiro atoms. The van der Waals surface area contributed by atoms with Gasteiger partial charge in [0.2, 0.25) is 0 Å². The second kappa shape index (κ2) is 7.65. The van der Waals surface area contributed by atoms with Gasteiger partial charge in [-0.1, -0.05) is 61.5 Å². The molecular weight excluding hydrogens is 298 g/mol. The van der Waals surface area contributed by atoms with Gasteiger partial charge in [0.05, 0.1) is 13.2 Å². The number of aliphatic hydroxyl groups excluding tert-OH is 1. The van der Waals surface area contributed by atoms with E-state index in [0.29, 0.717) is 0 Å². The summed E-state index contributed by atoms with van der Waals surface area (Å²) in [7, 11) is 1.66. The molecule has 0 amide bonds. The summed E-state index contributed by atoms with van der Waals surface area (Å²) in [6.07, 6.45) is 4.67. The molecule has 3 heteroatoms. The smallest absolute Gasteiger partial charge is 0.125 e. The molecule has 0 aromatic heterocycles. The van der Waals surface area contributed by atoms with Gasteiger partial charge in [0.1, 0.15) is 11.9 Å². The van der Waals surface area contributed by atoms with Crippen molar-refractivity contribution >= 4 is 6.08 Å². The van der Waals surface area contributed by atoms with Crippen LogP contribution in [0, 0.1) is 0 Å². The lowest BCUT2D eigenvalue weighted by Gasteiger charge is -2.36. The van der Waals surface area contributed by atoms with E-state index in [-0.39, 0.29) is 6.04 Å². The highest BCUT2D eigenvalue weighted by Gasteiger charge is 2.31. The highest BCUT2D eigenvalue weighted by atomic mass is 16.5. The van der Waals surface area contributed by atoms with Gasteiger partial charge < -0.3 is 9.84 Å². The summed E-state index contributed by atoms with van der Waals surface area (Å²) in [6, 6.07) is 16.3. The van der Waals surface area contributed by atoms with Crippen LogP contribution in [0.4, 0.5) is 0 Å². The zero-order valence-electron chi connectivity index (χ0n) is 14.4. The van der Waals surface area contributed by atoms with Gasteiger partial charge in [0.15, 0.2) is 0 Å². The fourth-order valence-electron chi connectivity index (χ4n) is 3.44. The van der Waals surface area contributed by atoms with Crippen LogP contribution in [-0.4, -0.2) is 29.7 Å². The van der Waals surface area contributed by atoms with E-state index < -0.39 is 6.10 Å². The van der Waals surface area contributed by atoms with Crippen molar-refractivity contribution in [3.8, 4) is 5.75 Å². The first kappa shape index (κ1) is 16.7. The van der Waals surface area contributed by atoms with Crippen LogP contribution in [0.3, 0.4) is 0 Å². The van der Waals surface area contributed by atoms with Crippen molar-refractivity contribution in [3.05, 3.63) is 71.3 Å². The minimum absolute atomic E-state index is 0.0473. The van der Waals surface area contributed by atoms with Crippen molar-refractivity contribution in [1.29, 1.82) is 0 Å². The van der Waals surface area contributed by atoms with Gasteiger partial charge >= 0.3 is 0 Å². The number of methoxy groups -OCH3 is 1. The Morgan fingerprint density at radius 1 is 1.08 bits per heavy atom. The minimum atomic E-state index is -0.587. The lowest BCUT2D eigenvalue weighted by molar-refractivity contribution is 0.0654. The average molecular weight is 323 g/mol. The molecule has 0 bridgehead atoms. The van der Waals surface area contributed by atoms with Crippen molar-refractivity contribution in [1.82, 2.24) is 4.90 Å². The molecule has 2 atom stereocenters. The Bertz CT molecular complexity index is 696. The average Bonchev–Trinajstić information content (AvgIpc) is 2.62. The van der Waals surface area contributed by atoms with Gasteiger partial charge in [-0.15, -0.1) is 0 Å². The number of hydrogen-bond acceptors (Lipinski definition) is 3. The van der Waals surface area contributed by atoms with E-state index in [1.54, 1.807) is 7.11 Å². The molecule has 126 valence electrons. The maximum absolute atomic E-state index is 11.0. The van der Waals surface area contributed by atoms with Gasteiger partial charge in [0.25, 0.3) is 0 Å². The number of hydrogen-bond donors (Lipinski definition) is 1. The summed E-state index contributed by atoms with van der Waals surface area (Å²) in [5, 5.41) is 11.0. The van der Waals surface area contributed by atoms with Crippen LogP contribution in [0.25, 0.3) is 6.08 Å². The molecule has 1 aliphatic rings. The molecule has 0 fully saturated rings. The lowest BCUT2D eigenvalue weighted by atomic mass is 9.89.